The van der Waals surface area contributed by atoms with E-state index >= 15 is 0 Å². The first-order valence-corrected chi connectivity index (χ1v) is 4.67. The summed E-state index contributed by atoms with van der Waals surface area (Å²) in [5, 5.41) is 10.7. The van der Waals surface area contributed by atoms with Gasteiger partial charge in [0.15, 0.2) is 0 Å². The molecule has 1 aromatic carbocycles. The van der Waals surface area contributed by atoms with Gasteiger partial charge in [-0.1, -0.05) is 15.9 Å². The largest absolute Gasteiger partial charge is 0.276 e. The van der Waals surface area contributed by atoms with Gasteiger partial charge in [0.2, 0.25) is 0 Å². The molecular weight excluding hydrogens is 241 g/mol. The summed E-state index contributed by atoms with van der Waals surface area (Å²) in [5.74, 6) is -0.538. The van der Waals surface area contributed by atoms with E-state index in [0.717, 1.165) is 0 Å². The minimum absolute atomic E-state index is 0.0931. The number of nitro groups is 1. The van der Waals surface area contributed by atoms with Crippen LogP contribution in [0, 0.1) is 22.9 Å². The van der Waals surface area contributed by atoms with Crippen molar-refractivity contribution in [3.63, 3.8) is 0 Å². The monoisotopic (exact) mass is 247 g/mol. The predicted molar refractivity (Wildman–Crippen MR) is 50.4 cm³/mol. The zero-order valence-corrected chi connectivity index (χ0v) is 8.47. The van der Waals surface area contributed by atoms with Gasteiger partial charge < -0.3 is 0 Å². The van der Waals surface area contributed by atoms with E-state index in [2.05, 4.69) is 15.9 Å². The second kappa shape index (κ2) is 3.83. The normalized spacial score (nSPS) is 10.1. The third kappa shape index (κ3) is 2.03. The van der Waals surface area contributed by atoms with E-state index in [1.807, 2.05) is 0 Å². The van der Waals surface area contributed by atoms with Crippen LogP contribution < -0.4 is 0 Å². The SMILES string of the molecule is Cc1cc(F)c(CBr)c([N+](=O)[O-])c1. The lowest BCUT2D eigenvalue weighted by Gasteiger charge is -2.01. The fraction of sp³-hybridized carbons (Fsp3) is 0.250. The van der Waals surface area contributed by atoms with Crippen molar-refractivity contribution in [1.29, 1.82) is 0 Å². The van der Waals surface area contributed by atoms with Crippen LogP contribution in [0.5, 0.6) is 0 Å². The van der Waals surface area contributed by atoms with Crippen LogP contribution in [0.1, 0.15) is 11.1 Å². The van der Waals surface area contributed by atoms with E-state index in [1.54, 1.807) is 6.92 Å². The molecule has 0 bridgehead atoms. The number of halogens is 2. The number of benzene rings is 1. The van der Waals surface area contributed by atoms with Crippen LogP contribution in [0.2, 0.25) is 0 Å². The molecule has 1 aromatic rings. The standard InChI is InChI=1S/C8H7BrFNO2/c1-5-2-7(10)6(4-9)8(3-5)11(12)13/h2-3H,4H2,1H3. The van der Waals surface area contributed by atoms with Gasteiger partial charge in [-0.15, -0.1) is 0 Å². The second-order valence-electron chi connectivity index (χ2n) is 2.64. The molecule has 0 radical (unpaired) electrons. The molecule has 3 nitrogen and oxygen atoms in total. The Balaban J connectivity index is 3.38. The molecule has 0 fully saturated rings. The topological polar surface area (TPSA) is 43.1 Å². The van der Waals surface area contributed by atoms with Gasteiger partial charge in [0.1, 0.15) is 5.82 Å². The smallest absolute Gasteiger partial charge is 0.258 e. The Morgan fingerprint density at radius 1 is 1.62 bits per heavy atom. The van der Waals surface area contributed by atoms with E-state index in [4.69, 9.17) is 0 Å². The Kier molecular flexibility index (Phi) is 2.98. The fourth-order valence-electron chi connectivity index (χ4n) is 1.05. The summed E-state index contributed by atoms with van der Waals surface area (Å²) in [5.41, 5.74) is 0.471. The Morgan fingerprint density at radius 2 is 2.23 bits per heavy atom. The summed E-state index contributed by atoms with van der Waals surface area (Å²) < 4.78 is 13.1. The van der Waals surface area contributed by atoms with Crippen molar-refractivity contribution in [2.45, 2.75) is 12.3 Å². The first kappa shape index (κ1) is 10.1. The number of nitrogens with zero attached hydrogens (tertiary/aromatic N) is 1. The molecule has 13 heavy (non-hydrogen) atoms. The number of nitro benzene ring substituents is 1. The highest BCUT2D eigenvalue weighted by molar-refractivity contribution is 9.08. The Morgan fingerprint density at radius 3 is 2.69 bits per heavy atom. The summed E-state index contributed by atoms with van der Waals surface area (Å²) in [4.78, 5) is 9.93. The fourth-order valence-corrected chi connectivity index (χ4v) is 1.60. The minimum Gasteiger partial charge on any atom is -0.258 e. The molecule has 0 atom stereocenters. The van der Waals surface area contributed by atoms with Crippen molar-refractivity contribution in [2.75, 3.05) is 0 Å². The van der Waals surface area contributed by atoms with Crippen LogP contribution >= 0.6 is 15.9 Å². The lowest BCUT2D eigenvalue weighted by molar-refractivity contribution is -0.385. The zero-order valence-electron chi connectivity index (χ0n) is 6.88. The van der Waals surface area contributed by atoms with Crippen molar-refractivity contribution in [1.82, 2.24) is 0 Å². The van der Waals surface area contributed by atoms with Gasteiger partial charge in [0.05, 0.1) is 10.5 Å². The van der Waals surface area contributed by atoms with Crippen molar-refractivity contribution in [2.24, 2.45) is 0 Å². The van der Waals surface area contributed by atoms with Gasteiger partial charge in [-0.2, -0.15) is 0 Å². The van der Waals surface area contributed by atoms with Crippen LogP contribution in [0.4, 0.5) is 10.1 Å². The Labute approximate surface area is 82.8 Å². The quantitative estimate of drug-likeness (QED) is 0.458. The molecule has 0 amide bonds. The van der Waals surface area contributed by atoms with Crippen molar-refractivity contribution < 1.29 is 9.31 Å². The zero-order chi connectivity index (χ0) is 10.0. The van der Waals surface area contributed by atoms with Gasteiger partial charge in [-0.3, -0.25) is 10.1 Å². The van der Waals surface area contributed by atoms with Gasteiger partial charge in [-0.25, -0.2) is 4.39 Å². The maximum absolute atomic E-state index is 13.1. The van der Waals surface area contributed by atoms with E-state index in [-0.39, 0.29) is 16.6 Å². The number of hydrogen-bond donors (Lipinski definition) is 0. The number of alkyl halides is 1. The Bertz CT molecular complexity index is 354. The first-order chi connectivity index (χ1) is 6.06. The first-order valence-electron chi connectivity index (χ1n) is 3.55. The third-order valence-electron chi connectivity index (χ3n) is 1.65. The van der Waals surface area contributed by atoms with Gasteiger partial charge in [-0.05, 0) is 18.6 Å². The van der Waals surface area contributed by atoms with Crippen molar-refractivity contribution in [3.05, 3.63) is 39.2 Å². The summed E-state index contributed by atoms with van der Waals surface area (Å²) >= 11 is 3.01. The number of rotatable bonds is 2. The molecule has 0 aliphatic rings. The molecule has 70 valence electrons. The molecule has 0 unspecified atom stereocenters. The van der Waals surface area contributed by atoms with E-state index in [1.165, 1.54) is 12.1 Å². The van der Waals surface area contributed by atoms with Crippen molar-refractivity contribution >= 4 is 21.6 Å². The van der Waals surface area contributed by atoms with Crippen LogP contribution in [0.3, 0.4) is 0 Å². The van der Waals surface area contributed by atoms with E-state index in [9.17, 15) is 14.5 Å². The van der Waals surface area contributed by atoms with Crippen LogP contribution in [-0.2, 0) is 5.33 Å². The lowest BCUT2D eigenvalue weighted by Crippen LogP contribution is -1.97. The highest BCUT2D eigenvalue weighted by Crippen LogP contribution is 2.25. The molecule has 1 rings (SSSR count). The Hall–Kier alpha value is -0.970. The molecule has 5 heteroatoms. The molecule has 0 aliphatic heterocycles. The van der Waals surface area contributed by atoms with Gasteiger partial charge in [0.25, 0.3) is 5.69 Å². The van der Waals surface area contributed by atoms with Crippen molar-refractivity contribution in [3.8, 4) is 0 Å². The van der Waals surface area contributed by atoms with E-state index in [0.29, 0.717) is 5.56 Å². The molecule has 0 saturated carbocycles. The highest BCUT2D eigenvalue weighted by atomic mass is 79.9. The van der Waals surface area contributed by atoms with Gasteiger partial charge in [0, 0.05) is 11.4 Å². The average molecular weight is 248 g/mol. The van der Waals surface area contributed by atoms with Crippen LogP contribution in [-0.4, -0.2) is 4.92 Å². The summed E-state index contributed by atoms with van der Waals surface area (Å²) in [7, 11) is 0. The maximum Gasteiger partial charge on any atom is 0.276 e. The molecule has 0 N–H and O–H groups in total. The molecule has 0 spiro atoms. The maximum atomic E-state index is 13.1. The lowest BCUT2D eigenvalue weighted by atomic mass is 10.1. The summed E-state index contributed by atoms with van der Waals surface area (Å²) in [6.45, 7) is 1.62. The molecule has 0 aliphatic carbocycles. The second-order valence-corrected chi connectivity index (χ2v) is 3.20. The summed E-state index contributed by atoms with van der Waals surface area (Å²) in [6.07, 6.45) is 0. The average Bonchev–Trinajstić information content (AvgIpc) is 2.02. The predicted octanol–water partition coefficient (Wildman–Crippen LogP) is 2.94. The third-order valence-corrected chi connectivity index (χ3v) is 2.21. The highest BCUT2D eigenvalue weighted by Gasteiger charge is 2.17. The molecular formula is C8H7BrFNO2. The van der Waals surface area contributed by atoms with Crippen LogP contribution in [0.15, 0.2) is 12.1 Å². The molecule has 0 aromatic heterocycles. The molecule has 0 saturated heterocycles. The van der Waals surface area contributed by atoms with Crippen LogP contribution in [0.25, 0.3) is 0 Å². The number of hydrogen-bond acceptors (Lipinski definition) is 2. The number of aryl methyl sites for hydroxylation is 1. The van der Waals surface area contributed by atoms with Gasteiger partial charge >= 0.3 is 0 Å². The molecule has 0 heterocycles. The minimum atomic E-state index is -0.577. The summed E-state index contributed by atoms with van der Waals surface area (Å²) in [6, 6.07) is 2.64. The van der Waals surface area contributed by atoms with E-state index < -0.39 is 10.7 Å².